The second-order valence-corrected chi connectivity index (χ2v) is 8.87. The van der Waals surface area contributed by atoms with Crippen LogP contribution in [-0.4, -0.2) is 36.5 Å². The van der Waals surface area contributed by atoms with Crippen LogP contribution >= 0.6 is 0 Å². The minimum Gasteiger partial charge on any atom is -0.340 e. The highest BCUT2D eigenvalue weighted by atomic mass is 16.2. The summed E-state index contributed by atoms with van der Waals surface area (Å²) in [6.07, 6.45) is 10.6. The summed E-state index contributed by atoms with van der Waals surface area (Å²) in [5.41, 5.74) is 0.0717. The Balaban J connectivity index is 1.37. The Morgan fingerprint density at radius 3 is 2.29 bits per heavy atom. The predicted molar refractivity (Wildman–Crippen MR) is 81.7 cm³/mol. The number of hydrogen-bond acceptors (Lipinski definition) is 2. The van der Waals surface area contributed by atoms with Crippen LogP contribution in [0.15, 0.2) is 0 Å². The molecular weight excluding hydrogens is 260 g/mol. The van der Waals surface area contributed by atoms with E-state index < -0.39 is 0 Å². The van der Waals surface area contributed by atoms with Gasteiger partial charge in [-0.25, -0.2) is 0 Å². The molecule has 0 aromatic carbocycles. The van der Waals surface area contributed by atoms with Gasteiger partial charge in [-0.3, -0.25) is 4.79 Å². The third-order valence-corrected chi connectivity index (χ3v) is 7.38. The van der Waals surface area contributed by atoms with Gasteiger partial charge in [0.15, 0.2) is 0 Å². The van der Waals surface area contributed by atoms with Gasteiger partial charge in [0.25, 0.3) is 0 Å². The average molecular weight is 288 g/mol. The zero-order chi connectivity index (χ0) is 14.0. The maximum Gasteiger partial charge on any atom is 0.228 e. The van der Waals surface area contributed by atoms with E-state index in [1.807, 2.05) is 0 Å². The molecule has 6 aliphatic rings. The molecule has 3 heteroatoms. The summed E-state index contributed by atoms with van der Waals surface area (Å²) in [5, 5.41) is 3.65. The number of fused-ring (bicyclic) bond motifs is 1. The number of nitrogens with zero attached hydrogens (tertiary/aromatic N) is 1. The van der Waals surface area contributed by atoms with E-state index in [0.29, 0.717) is 11.9 Å². The molecule has 4 bridgehead atoms. The maximum absolute atomic E-state index is 13.3. The molecule has 4 saturated carbocycles. The van der Waals surface area contributed by atoms with Crippen LogP contribution in [0.1, 0.15) is 51.4 Å². The lowest BCUT2D eigenvalue weighted by Gasteiger charge is -2.56. The molecule has 116 valence electrons. The maximum atomic E-state index is 13.3. The molecule has 6 fully saturated rings. The number of carbonyl (C=O) groups is 1. The molecule has 1 N–H and O–H groups in total. The first kappa shape index (κ1) is 12.9. The molecule has 0 aromatic heterocycles. The van der Waals surface area contributed by atoms with Crippen molar-refractivity contribution >= 4 is 5.91 Å². The number of carbonyl (C=O) groups excluding carboxylic acids is 1. The van der Waals surface area contributed by atoms with Crippen LogP contribution in [-0.2, 0) is 4.79 Å². The van der Waals surface area contributed by atoms with E-state index in [2.05, 4.69) is 10.2 Å². The summed E-state index contributed by atoms with van der Waals surface area (Å²) in [4.78, 5) is 15.6. The third kappa shape index (κ3) is 1.92. The standard InChI is InChI=1S/C18H28N2O/c21-17(20-10-15-2-1-3-19-16(15)11-20)18-7-12-4-13(8-18)6-14(5-12)9-18/h12-16,19H,1-11H2. The Morgan fingerprint density at radius 2 is 1.67 bits per heavy atom. The normalized spacial score (nSPS) is 51.2. The van der Waals surface area contributed by atoms with E-state index >= 15 is 0 Å². The van der Waals surface area contributed by atoms with Crippen molar-refractivity contribution < 1.29 is 4.79 Å². The number of rotatable bonds is 1. The summed E-state index contributed by atoms with van der Waals surface area (Å²) in [6.45, 7) is 3.18. The Hall–Kier alpha value is -0.570. The van der Waals surface area contributed by atoms with Crippen LogP contribution in [0, 0.1) is 29.1 Å². The summed E-state index contributed by atoms with van der Waals surface area (Å²) >= 11 is 0. The molecule has 4 aliphatic carbocycles. The topological polar surface area (TPSA) is 32.3 Å². The van der Waals surface area contributed by atoms with Crippen molar-refractivity contribution in [1.29, 1.82) is 0 Å². The molecule has 0 spiro atoms. The highest BCUT2D eigenvalue weighted by Gasteiger charge is 2.56. The lowest BCUT2D eigenvalue weighted by molar-refractivity contribution is -0.156. The average Bonchev–Trinajstić information content (AvgIpc) is 2.88. The second kappa shape index (κ2) is 4.47. The molecule has 3 nitrogen and oxygen atoms in total. The molecule has 1 amide bonds. The fraction of sp³-hybridized carbons (Fsp3) is 0.944. The Bertz CT molecular complexity index is 411. The van der Waals surface area contributed by atoms with E-state index in [4.69, 9.17) is 0 Å². The van der Waals surface area contributed by atoms with E-state index in [1.165, 1.54) is 51.4 Å². The van der Waals surface area contributed by atoms with Crippen LogP contribution < -0.4 is 5.32 Å². The van der Waals surface area contributed by atoms with E-state index in [1.54, 1.807) is 0 Å². The first-order chi connectivity index (χ1) is 10.2. The van der Waals surface area contributed by atoms with Gasteiger partial charge in [-0.2, -0.15) is 0 Å². The summed E-state index contributed by atoms with van der Waals surface area (Å²) in [7, 11) is 0. The monoisotopic (exact) mass is 288 g/mol. The van der Waals surface area contributed by atoms with Crippen molar-refractivity contribution in [3.05, 3.63) is 0 Å². The van der Waals surface area contributed by atoms with Crippen LogP contribution in [0.4, 0.5) is 0 Å². The molecule has 2 atom stereocenters. The third-order valence-electron chi connectivity index (χ3n) is 7.38. The van der Waals surface area contributed by atoms with Gasteiger partial charge < -0.3 is 10.2 Å². The molecule has 2 heterocycles. The minimum absolute atomic E-state index is 0.0717. The van der Waals surface area contributed by atoms with Crippen molar-refractivity contribution in [1.82, 2.24) is 10.2 Å². The van der Waals surface area contributed by atoms with Crippen LogP contribution in [0.25, 0.3) is 0 Å². The summed E-state index contributed by atoms with van der Waals surface area (Å²) < 4.78 is 0. The van der Waals surface area contributed by atoms with E-state index in [0.717, 1.165) is 43.3 Å². The first-order valence-corrected chi connectivity index (χ1v) is 9.25. The number of nitrogens with one attached hydrogen (secondary N) is 1. The van der Waals surface area contributed by atoms with Crippen LogP contribution in [0.5, 0.6) is 0 Å². The van der Waals surface area contributed by atoms with Gasteiger partial charge in [0.2, 0.25) is 5.91 Å². The molecule has 6 rings (SSSR count). The van der Waals surface area contributed by atoms with Crippen molar-refractivity contribution in [2.24, 2.45) is 29.1 Å². The molecule has 2 saturated heterocycles. The quantitative estimate of drug-likeness (QED) is 0.803. The predicted octanol–water partition coefficient (Wildman–Crippen LogP) is 2.41. The van der Waals surface area contributed by atoms with Crippen LogP contribution in [0.3, 0.4) is 0 Å². The fourth-order valence-electron chi connectivity index (χ4n) is 6.92. The molecule has 21 heavy (non-hydrogen) atoms. The summed E-state index contributed by atoms with van der Waals surface area (Å²) in [6, 6.07) is 0.594. The summed E-state index contributed by atoms with van der Waals surface area (Å²) in [5.74, 6) is 3.92. The van der Waals surface area contributed by atoms with Gasteiger partial charge >= 0.3 is 0 Å². The first-order valence-electron chi connectivity index (χ1n) is 9.25. The van der Waals surface area contributed by atoms with Crippen molar-refractivity contribution in [2.45, 2.75) is 57.4 Å². The number of likely N-dealkylation sites (tertiary alicyclic amines) is 1. The van der Waals surface area contributed by atoms with Gasteiger partial charge in [0.05, 0.1) is 5.41 Å². The Kier molecular flexibility index (Phi) is 2.75. The van der Waals surface area contributed by atoms with Gasteiger partial charge in [-0.15, -0.1) is 0 Å². The number of amides is 1. The van der Waals surface area contributed by atoms with Gasteiger partial charge in [0, 0.05) is 19.1 Å². The van der Waals surface area contributed by atoms with E-state index in [9.17, 15) is 4.79 Å². The van der Waals surface area contributed by atoms with Crippen molar-refractivity contribution in [3.8, 4) is 0 Å². The molecule has 0 radical (unpaired) electrons. The highest BCUT2D eigenvalue weighted by Crippen LogP contribution is 2.60. The fourth-order valence-corrected chi connectivity index (χ4v) is 6.92. The molecule has 2 unspecified atom stereocenters. The number of hydrogen-bond donors (Lipinski definition) is 1. The smallest absolute Gasteiger partial charge is 0.228 e. The SMILES string of the molecule is O=C(N1CC2CCCNC2C1)C12CC3CC(CC(C3)C1)C2. The Labute approximate surface area is 127 Å². The minimum atomic E-state index is 0.0717. The highest BCUT2D eigenvalue weighted by molar-refractivity contribution is 5.83. The molecular formula is C18H28N2O. The van der Waals surface area contributed by atoms with Crippen LogP contribution in [0.2, 0.25) is 0 Å². The second-order valence-electron chi connectivity index (χ2n) is 8.87. The van der Waals surface area contributed by atoms with Crippen molar-refractivity contribution in [3.63, 3.8) is 0 Å². The molecule has 2 aliphatic heterocycles. The number of piperidine rings is 1. The molecule has 0 aromatic rings. The van der Waals surface area contributed by atoms with Gasteiger partial charge in [-0.05, 0) is 81.6 Å². The largest absolute Gasteiger partial charge is 0.340 e. The van der Waals surface area contributed by atoms with Crippen molar-refractivity contribution in [2.75, 3.05) is 19.6 Å². The van der Waals surface area contributed by atoms with Gasteiger partial charge in [-0.1, -0.05) is 0 Å². The van der Waals surface area contributed by atoms with E-state index in [-0.39, 0.29) is 5.41 Å². The van der Waals surface area contributed by atoms with Gasteiger partial charge in [0.1, 0.15) is 0 Å². The lowest BCUT2D eigenvalue weighted by atomic mass is 9.49. The lowest BCUT2D eigenvalue weighted by Crippen LogP contribution is -2.54. The zero-order valence-corrected chi connectivity index (χ0v) is 13.0. The zero-order valence-electron chi connectivity index (χ0n) is 13.0. The Morgan fingerprint density at radius 1 is 1.00 bits per heavy atom.